The van der Waals surface area contributed by atoms with Gasteiger partial charge in [0.25, 0.3) is 11.8 Å². The molecule has 4 N–H and O–H groups in total. The van der Waals surface area contributed by atoms with Gasteiger partial charge in [-0.1, -0.05) is 6.92 Å². The van der Waals surface area contributed by atoms with E-state index < -0.39 is 30.5 Å². The lowest BCUT2D eigenvalue weighted by atomic mass is 9.84. The fraction of sp³-hybridized carbons (Fsp3) is 0.515. The number of carbonyl (C=O) groups is 2. The molecular formula is C33H38F2N8O3. The molecule has 5 atom stereocenters. The molecule has 4 fully saturated rings. The maximum absolute atomic E-state index is 14.6. The topological polar surface area (TPSA) is 137 Å². The van der Waals surface area contributed by atoms with Crippen LogP contribution in [0, 0.1) is 12.8 Å². The molecule has 3 aliphatic heterocycles. The number of pyridine rings is 2. The van der Waals surface area contributed by atoms with E-state index in [-0.39, 0.29) is 24.0 Å². The van der Waals surface area contributed by atoms with Gasteiger partial charge in [-0.15, -0.1) is 0 Å². The molecule has 3 amide bonds. The Bertz CT molecular complexity index is 1920. The van der Waals surface area contributed by atoms with E-state index in [0.29, 0.717) is 40.9 Å². The second kappa shape index (κ2) is 10.1. The molecule has 1 aliphatic carbocycles. The predicted octanol–water partition coefficient (Wildman–Crippen LogP) is 4.28. The summed E-state index contributed by atoms with van der Waals surface area (Å²) in [6.45, 7) is 3.66. The van der Waals surface area contributed by atoms with Crippen LogP contribution in [0.4, 0.5) is 13.6 Å². The molecule has 2 bridgehead atoms. The Hall–Kier alpha value is -4.26. The van der Waals surface area contributed by atoms with Gasteiger partial charge in [0.05, 0.1) is 25.0 Å². The largest absolute Gasteiger partial charge is 0.482 e. The molecule has 8 rings (SSSR count). The van der Waals surface area contributed by atoms with Gasteiger partial charge in [0, 0.05) is 53.3 Å². The maximum atomic E-state index is 14.6. The number of likely N-dealkylation sites (tertiary alicyclic amines) is 1. The quantitative estimate of drug-likeness (QED) is 0.312. The SMILES string of the molecule is COc1cc(C(=O)N2[C@H]3CC[C@@H]2[C@H](N)C3)cc2nc(-c3cc4ccc([C@H](C)C5N(C(N)=O)CC5(F)F)nc4n3CC3CC3)c(C)n12. The van der Waals surface area contributed by atoms with Crippen molar-refractivity contribution in [1.82, 2.24) is 28.7 Å². The third kappa shape index (κ3) is 4.30. The summed E-state index contributed by atoms with van der Waals surface area (Å²) >= 11 is 0. The fourth-order valence-corrected chi connectivity index (χ4v) is 8.18. The molecule has 13 heteroatoms. The van der Waals surface area contributed by atoms with Crippen molar-refractivity contribution in [2.45, 2.75) is 88.5 Å². The number of ether oxygens (including phenoxy) is 1. The van der Waals surface area contributed by atoms with Crippen molar-refractivity contribution in [2.24, 2.45) is 17.4 Å². The van der Waals surface area contributed by atoms with E-state index in [0.717, 1.165) is 59.5 Å². The summed E-state index contributed by atoms with van der Waals surface area (Å²) in [6, 6.07) is 7.29. The average Bonchev–Trinajstić information content (AvgIpc) is 3.34. The minimum Gasteiger partial charge on any atom is -0.482 e. The zero-order chi connectivity index (χ0) is 32.2. The monoisotopic (exact) mass is 632 g/mol. The van der Waals surface area contributed by atoms with Gasteiger partial charge in [0.1, 0.15) is 23.0 Å². The van der Waals surface area contributed by atoms with Crippen molar-refractivity contribution in [3.05, 3.63) is 47.3 Å². The summed E-state index contributed by atoms with van der Waals surface area (Å²) in [7, 11) is 1.58. The lowest BCUT2D eigenvalue weighted by Gasteiger charge is -2.49. The van der Waals surface area contributed by atoms with Gasteiger partial charge in [0.2, 0.25) is 0 Å². The summed E-state index contributed by atoms with van der Waals surface area (Å²) in [5.41, 5.74) is 16.4. The predicted molar refractivity (Wildman–Crippen MR) is 167 cm³/mol. The number of primary amides is 1. The standard InChI is InChI=1S/C33H38F2N8O3/c1-16(29-33(34,35)15-41(29)32(37)45)23-8-6-19-10-25(40(30(19)38-23)14-18-4-5-18)28-17(2)42-26(39-28)11-20(12-27(42)46-3)31(44)43-21-7-9-24(43)22(36)13-21/h6,8,10-12,16,18,21-22,24,29H,4-5,7,9,13-15,36H2,1-3H3,(H2,37,45)/t16-,21-,22+,24+,29?/m0/s1. The molecule has 3 saturated heterocycles. The van der Waals surface area contributed by atoms with Crippen LogP contribution < -0.4 is 16.2 Å². The number of fused-ring (bicyclic) bond motifs is 4. The van der Waals surface area contributed by atoms with E-state index in [4.69, 9.17) is 26.2 Å². The van der Waals surface area contributed by atoms with Crippen LogP contribution in [0.3, 0.4) is 0 Å². The number of amides is 3. The molecule has 1 saturated carbocycles. The highest BCUT2D eigenvalue weighted by Crippen LogP contribution is 2.44. The molecule has 7 heterocycles. The Kier molecular flexibility index (Phi) is 6.41. The number of hydrogen-bond acceptors (Lipinski definition) is 6. The van der Waals surface area contributed by atoms with Crippen LogP contribution in [0.15, 0.2) is 30.3 Å². The number of imidazole rings is 1. The molecule has 0 aromatic carbocycles. The number of alkyl halides is 2. The first kappa shape index (κ1) is 29.2. The Balaban J connectivity index is 1.21. The Morgan fingerprint density at radius 2 is 1.91 bits per heavy atom. The maximum Gasteiger partial charge on any atom is 0.315 e. The summed E-state index contributed by atoms with van der Waals surface area (Å²) in [5.74, 6) is -2.83. The third-order valence-electron chi connectivity index (χ3n) is 10.7. The second-order valence-electron chi connectivity index (χ2n) is 13.6. The number of nitrogens with zero attached hydrogens (tertiary/aromatic N) is 6. The minimum absolute atomic E-state index is 0.00592. The smallest absolute Gasteiger partial charge is 0.315 e. The Morgan fingerprint density at radius 1 is 1.13 bits per heavy atom. The number of rotatable bonds is 7. The Morgan fingerprint density at radius 3 is 2.54 bits per heavy atom. The van der Waals surface area contributed by atoms with Crippen LogP contribution >= 0.6 is 0 Å². The molecule has 0 radical (unpaired) electrons. The highest BCUT2D eigenvalue weighted by atomic mass is 19.3. The molecule has 4 aliphatic rings. The lowest BCUT2D eigenvalue weighted by Crippen LogP contribution is -2.69. The van der Waals surface area contributed by atoms with E-state index >= 15 is 0 Å². The number of urea groups is 1. The van der Waals surface area contributed by atoms with Gasteiger partial charge in [-0.05, 0) is 69.2 Å². The first-order valence-corrected chi connectivity index (χ1v) is 16.1. The number of hydrogen-bond donors (Lipinski definition) is 2. The van der Waals surface area contributed by atoms with Gasteiger partial charge < -0.3 is 30.6 Å². The highest BCUT2D eigenvalue weighted by Gasteiger charge is 2.59. The zero-order valence-electron chi connectivity index (χ0n) is 26.1. The highest BCUT2D eigenvalue weighted by molar-refractivity contribution is 5.97. The molecule has 4 aromatic rings. The third-order valence-corrected chi connectivity index (χ3v) is 10.7. The number of carbonyl (C=O) groups excluding carboxylic acids is 2. The fourth-order valence-electron chi connectivity index (χ4n) is 8.18. The summed E-state index contributed by atoms with van der Waals surface area (Å²) in [4.78, 5) is 38.5. The first-order chi connectivity index (χ1) is 22.0. The number of nitrogens with two attached hydrogens (primary N) is 2. The van der Waals surface area contributed by atoms with Gasteiger partial charge in [-0.25, -0.2) is 23.5 Å². The van der Waals surface area contributed by atoms with E-state index in [1.54, 1.807) is 26.2 Å². The molecular weight excluding hydrogens is 594 g/mol. The summed E-state index contributed by atoms with van der Waals surface area (Å²) < 4.78 is 39.1. The molecule has 46 heavy (non-hydrogen) atoms. The minimum atomic E-state index is -3.04. The van der Waals surface area contributed by atoms with Crippen LogP contribution in [-0.4, -0.2) is 84.4 Å². The van der Waals surface area contributed by atoms with Gasteiger partial charge in [0.15, 0.2) is 5.88 Å². The summed E-state index contributed by atoms with van der Waals surface area (Å²) in [6.07, 6.45) is 4.93. The van der Waals surface area contributed by atoms with E-state index in [1.807, 2.05) is 34.4 Å². The normalized spacial score (nSPS) is 25.8. The lowest BCUT2D eigenvalue weighted by molar-refractivity contribution is -0.167. The van der Waals surface area contributed by atoms with Crippen LogP contribution in [0.1, 0.15) is 66.7 Å². The second-order valence-corrected chi connectivity index (χ2v) is 13.6. The van der Waals surface area contributed by atoms with Crippen molar-refractivity contribution in [3.8, 4) is 17.3 Å². The van der Waals surface area contributed by atoms with Crippen LogP contribution in [-0.2, 0) is 6.54 Å². The van der Waals surface area contributed by atoms with Crippen LogP contribution in [0.5, 0.6) is 5.88 Å². The molecule has 1 unspecified atom stereocenters. The van der Waals surface area contributed by atoms with Crippen molar-refractivity contribution in [1.29, 1.82) is 0 Å². The van der Waals surface area contributed by atoms with Crippen LogP contribution in [0.2, 0.25) is 0 Å². The Labute approximate surface area is 264 Å². The van der Waals surface area contributed by atoms with Crippen molar-refractivity contribution < 1.29 is 23.1 Å². The number of halogens is 2. The van der Waals surface area contributed by atoms with Crippen molar-refractivity contribution >= 4 is 28.6 Å². The molecule has 0 spiro atoms. The van der Waals surface area contributed by atoms with E-state index in [9.17, 15) is 18.4 Å². The average molecular weight is 633 g/mol. The van der Waals surface area contributed by atoms with Gasteiger partial charge in [-0.3, -0.25) is 9.20 Å². The van der Waals surface area contributed by atoms with E-state index in [1.165, 1.54) is 0 Å². The van der Waals surface area contributed by atoms with Crippen molar-refractivity contribution in [2.75, 3.05) is 13.7 Å². The molecule has 11 nitrogen and oxygen atoms in total. The molecule has 4 aromatic heterocycles. The van der Waals surface area contributed by atoms with Gasteiger partial charge >= 0.3 is 6.03 Å². The zero-order valence-corrected chi connectivity index (χ0v) is 26.1. The van der Waals surface area contributed by atoms with Crippen molar-refractivity contribution in [3.63, 3.8) is 0 Å². The summed E-state index contributed by atoms with van der Waals surface area (Å²) in [5, 5.41) is 0.860. The van der Waals surface area contributed by atoms with E-state index in [2.05, 4.69) is 4.57 Å². The number of methoxy groups -OCH3 is 1. The number of aromatic nitrogens is 4. The first-order valence-electron chi connectivity index (χ1n) is 16.1. The molecule has 242 valence electrons. The van der Waals surface area contributed by atoms with Gasteiger partial charge in [-0.2, -0.15) is 0 Å². The number of aryl methyl sites for hydroxylation is 1. The van der Waals surface area contributed by atoms with Crippen LogP contribution in [0.25, 0.3) is 28.1 Å².